The average molecular weight is 218 g/mol. The molecule has 0 aliphatic carbocycles. The standard InChI is InChI=1S/C13H14O3/c1-8(2)11-5-3-4-9-6-10(7-14)13(15)16-12(9)11/h3-6,8,14H,7H2,1-2H3. The van der Waals surface area contributed by atoms with Gasteiger partial charge in [0.2, 0.25) is 0 Å². The van der Waals surface area contributed by atoms with Crippen molar-refractivity contribution in [3.8, 4) is 0 Å². The Morgan fingerprint density at radius 1 is 1.38 bits per heavy atom. The summed E-state index contributed by atoms with van der Waals surface area (Å²) in [4.78, 5) is 11.5. The smallest absolute Gasteiger partial charge is 0.341 e. The van der Waals surface area contributed by atoms with E-state index in [1.54, 1.807) is 6.07 Å². The number of benzene rings is 1. The number of hydrogen-bond acceptors (Lipinski definition) is 3. The van der Waals surface area contributed by atoms with Crippen molar-refractivity contribution in [2.75, 3.05) is 0 Å². The second-order valence-corrected chi connectivity index (χ2v) is 4.14. The highest BCUT2D eigenvalue weighted by Gasteiger charge is 2.10. The molecule has 16 heavy (non-hydrogen) atoms. The number of rotatable bonds is 2. The molecule has 0 saturated carbocycles. The first-order valence-electron chi connectivity index (χ1n) is 5.30. The number of hydrogen-bond donors (Lipinski definition) is 1. The van der Waals surface area contributed by atoms with Gasteiger partial charge in [-0.05, 0) is 17.5 Å². The molecule has 3 nitrogen and oxygen atoms in total. The predicted octanol–water partition coefficient (Wildman–Crippen LogP) is 2.41. The van der Waals surface area contributed by atoms with Crippen molar-refractivity contribution in [2.45, 2.75) is 26.4 Å². The molecule has 0 spiro atoms. The number of fused-ring (bicyclic) bond motifs is 1. The molecule has 0 atom stereocenters. The normalized spacial score (nSPS) is 11.2. The first kappa shape index (κ1) is 10.9. The van der Waals surface area contributed by atoms with Gasteiger partial charge in [-0.25, -0.2) is 4.79 Å². The van der Waals surface area contributed by atoms with E-state index in [4.69, 9.17) is 9.52 Å². The van der Waals surface area contributed by atoms with Gasteiger partial charge in [-0.15, -0.1) is 0 Å². The third-order valence-electron chi connectivity index (χ3n) is 2.65. The van der Waals surface area contributed by atoms with Crippen molar-refractivity contribution in [3.63, 3.8) is 0 Å². The Bertz CT molecular complexity index is 567. The van der Waals surface area contributed by atoms with E-state index in [2.05, 4.69) is 13.8 Å². The van der Waals surface area contributed by atoms with E-state index in [0.29, 0.717) is 17.1 Å². The van der Waals surface area contributed by atoms with E-state index in [1.807, 2.05) is 18.2 Å². The predicted molar refractivity (Wildman–Crippen MR) is 62.5 cm³/mol. The lowest BCUT2D eigenvalue weighted by Gasteiger charge is -2.08. The molecule has 0 bridgehead atoms. The molecule has 0 amide bonds. The largest absolute Gasteiger partial charge is 0.422 e. The minimum atomic E-state index is -0.455. The maximum atomic E-state index is 11.5. The molecule has 84 valence electrons. The van der Waals surface area contributed by atoms with Crippen LogP contribution in [0.25, 0.3) is 11.0 Å². The Labute approximate surface area is 93.3 Å². The molecule has 1 aromatic carbocycles. The quantitative estimate of drug-likeness (QED) is 0.787. The minimum absolute atomic E-state index is 0.288. The van der Waals surface area contributed by atoms with Gasteiger partial charge in [0.25, 0.3) is 0 Å². The summed E-state index contributed by atoms with van der Waals surface area (Å²) in [7, 11) is 0. The molecule has 0 radical (unpaired) electrons. The number of aliphatic hydroxyl groups excluding tert-OH is 1. The average Bonchev–Trinajstić information content (AvgIpc) is 2.27. The fourth-order valence-corrected chi connectivity index (χ4v) is 1.77. The summed E-state index contributed by atoms with van der Waals surface area (Å²) in [6.07, 6.45) is 0. The van der Waals surface area contributed by atoms with E-state index >= 15 is 0 Å². The Hall–Kier alpha value is -1.61. The molecular formula is C13H14O3. The fraction of sp³-hybridized carbons (Fsp3) is 0.308. The van der Waals surface area contributed by atoms with Gasteiger partial charge in [0, 0.05) is 5.39 Å². The minimum Gasteiger partial charge on any atom is -0.422 e. The third kappa shape index (κ3) is 1.74. The summed E-state index contributed by atoms with van der Waals surface area (Å²) in [6, 6.07) is 7.45. The first-order chi connectivity index (χ1) is 7.63. The maximum Gasteiger partial charge on any atom is 0.341 e. The SMILES string of the molecule is CC(C)c1cccc2cc(CO)c(=O)oc12. The summed E-state index contributed by atoms with van der Waals surface area (Å²) in [5.74, 6) is 0.298. The summed E-state index contributed by atoms with van der Waals surface area (Å²) >= 11 is 0. The van der Waals surface area contributed by atoms with Gasteiger partial charge in [-0.1, -0.05) is 32.0 Å². The van der Waals surface area contributed by atoms with Crippen molar-refractivity contribution in [2.24, 2.45) is 0 Å². The van der Waals surface area contributed by atoms with Crippen LogP contribution in [0.1, 0.15) is 30.9 Å². The van der Waals surface area contributed by atoms with Crippen molar-refractivity contribution < 1.29 is 9.52 Å². The lowest BCUT2D eigenvalue weighted by molar-refractivity contribution is 0.276. The molecule has 0 saturated heterocycles. The van der Waals surface area contributed by atoms with Crippen LogP contribution >= 0.6 is 0 Å². The molecule has 0 aliphatic rings. The maximum absolute atomic E-state index is 11.5. The first-order valence-corrected chi connectivity index (χ1v) is 5.30. The third-order valence-corrected chi connectivity index (χ3v) is 2.65. The topological polar surface area (TPSA) is 50.4 Å². The van der Waals surface area contributed by atoms with E-state index in [0.717, 1.165) is 10.9 Å². The summed E-state index contributed by atoms with van der Waals surface area (Å²) < 4.78 is 5.26. The van der Waals surface area contributed by atoms with Crippen molar-refractivity contribution >= 4 is 11.0 Å². The Balaban J connectivity index is 2.80. The summed E-state index contributed by atoms with van der Waals surface area (Å²) in [6.45, 7) is 3.81. The molecule has 2 aromatic rings. The zero-order chi connectivity index (χ0) is 11.7. The van der Waals surface area contributed by atoms with Gasteiger partial charge >= 0.3 is 5.63 Å². The lowest BCUT2D eigenvalue weighted by Crippen LogP contribution is -2.07. The second-order valence-electron chi connectivity index (χ2n) is 4.14. The van der Waals surface area contributed by atoms with Gasteiger partial charge < -0.3 is 9.52 Å². The van der Waals surface area contributed by atoms with Crippen LogP contribution in [0.2, 0.25) is 0 Å². The fourth-order valence-electron chi connectivity index (χ4n) is 1.77. The molecule has 0 fully saturated rings. The molecule has 0 aliphatic heterocycles. The van der Waals surface area contributed by atoms with E-state index in [9.17, 15) is 4.79 Å². The highest BCUT2D eigenvalue weighted by atomic mass is 16.4. The lowest BCUT2D eigenvalue weighted by atomic mass is 10.0. The molecular weight excluding hydrogens is 204 g/mol. The van der Waals surface area contributed by atoms with Gasteiger partial charge in [-0.2, -0.15) is 0 Å². The van der Waals surface area contributed by atoms with Crippen molar-refractivity contribution in [1.29, 1.82) is 0 Å². The van der Waals surface area contributed by atoms with Gasteiger partial charge in [0.15, 0.2) is 0 Å². The van der Waals surface area contributed by atoms with Gasteiger partial charge in [-0.3, -0.25) is 0 Å². The monoisotopic (exact) mass is 218 g/mol. The van der Waals surface area contributed by atoms with Crippen LogP contribution in [0, 0.1) is 0 Å². The van der Waals surface area contributed by atoms with Crippen molar-refractivity contribution in [3.05, 3.63) is 45.8 Å². The zero-order valence-corrected chi connectivity index (χ0v) is 9.36. The van der Waals surface area contributed by atoms with E-state index in [-0.39, 0.29) is 6.61 Å². The Morgan fingerprint density at radius 3 is 2.75 bits per heavy atom. The number of aliphatic hydroxyl groups is 1. The van der Waals surface area contributed by atoms with Crippen LogP contribution in [0.3, 0.4) is 0 Å². The molecule has 1 aromatic heterocycles. The zero-order valence-electron chi connectivity index (χ0n) is 9.36. The Kier molecular flexibility index (Phi) is 2.79. The molecule has 3 heteroatoms. The van der Waals surface area contributed by atoms with Crippen molar-refractivity contribution in [1.82, 2.24) is 0 Å². The van der Waals surface area contributed by atoms with E-state index < -0.39 is 5.63 Å². The summed E-state index contributed by atoms with van der Waals surface area (Å²) in [5.41, 5.74) is 1.48. The van der Waals surface area contributed by atoms with Gasteiger partial charge in [0.05, 0.1) is 12.2 Å². The summed E-state index contributed by atoms with van der Waals surface area (Å²) in [5, 5.41) is 9.85. The van der Waals surface area contributed by atoms with Crippen LogP contribution in [0.15, 0.2) is 33.5 Å². The highest BCUT2D eigenvalue weighted by molar-refractivity contribution is 5.80. The Morgan fingerprint density at radius 2 is 2.12 bits per heavy atom. The van der Waals surface area contributed by atoms with Crippen LogP contribution < -0.4 is 5.63 Å². The van der Waals surface area contributed by atoms with Gasteiger partial charge in [0.1, 0.15) is 5.58 Å². The molecule has 1 heterocycles. The molecule has 0 unspecified atom stereocenters. The van der Waals surface area contributed by atoms with E-state index in [1.165, 1.54) is 0 Å². The van der Waals surface area contributed by atoms with Crippen LogP contribution in [0.4, 0.5) is 0 Å². The van der Waals surface area contributed by atoms with Crippen LogP contribution in [0.5, 0.6) is 0 Å². The molecule has 1 N–H and O–H groups in total. The number of para-hydroxylation sites is 1. The van der Waals surface area contributed by atoms with Crippen LogP contribution in [-0.2, 0) is 6.61 Å². The second kappa shape index (κ2) is 4.10. The van der Waals surface area contributed by atoms with Crippen LogP contribution in [-0.4, -0.2) is 5.11 Å². The highest BCUT2D eigenvalue weighted by Crippen LogP contribution is 2.24. The molecule has 2 rings (SSSR count).